The number of para-hydroxylation sites is 1. The molecule has 9 heteroatoms. The molecule has 0 radical (unpaired) electrons. The van der Waals surface area contributed by atoms with Crippen molar-refractivity contribution < 1.29 is 23.1 Å². The van der Waals surface area contributed by atoms with Crippen LogP contribution in [0.15, 0.2) is 78.0 Å². The van der Waals surface area contributed by atoms with Gasteiger partial charge in [-0.3, -0.25) is 9.78 Å². The van der Waals surface area contributed by atoms with Gasteiger partial charge in [-0.15, -0.1) is 0 Å². The molecule has 7 nitrogen and oxygen atoms in total. The highest BCUT2D eigenvalue weighted by molar-refractivity contribution is 7.90. The Balaban J connectivity index is 2.08. The number of rotatable bonds is 5. The van der Waals surface area contributed by atoms with Crippen LogP contribution in [0, 0.1) is 0 Å². The second kappa shape index (κ2) is 7.40. The van der Waals surface area contributed by atoms with Crippen LogP contribution >= 0.6 is 11.6 Å². The number of nitrogens with zero attached hydrogens (tertiary/aromatic N) is 2. The maximum atomic E-state index is 13.5. The Kier molecular flexibility index (Phi) is 4.89. The Bertz CT molecular complexity index is 1410. The standard InChI is InChI=1S/C21H13ClN2O5S/c22-18-15-8-4-5-9-17(15)24(30(28,29)13-6-2-1-3-7-13)19(18)20(25)14-10-11-23-12-16(14)21(26)27/h1-12H,(H,26,27). The minimum absolute atomic E-state index is 0.0374. The number of hydrogen-bond donors (Lipinski definition) is 1. The summed E-state index contributed by atoms with van der Waals surface area (Å²) in [5, 5.41) is 9.70. The van der Waals surface area contributed by atoms with E-state index in [2.05, 4.69) is 4.98 Å². The Hall–Kier alpha value is -3.49. The van der Waals surface area contributed by atoms with Gasteiger partial charge in [0, 0.05) is 23.3 Å². The fourth-order valence-corrected chi connectivity index (χ4v) is 5.13. The van der Waals surface area contributed by atoms with E-state index in [1.54, 1.807) is 36.4 Å². The van der Waals surface area contributed by atoms with Crippen molar-refractivity contribution in [2.24, 2.45) is 0 Å². The summed E-state index contributed by atoms with van der Waals surface area (Å²) >= 11 is 6.46. The predicted octanol–water partition coefficient (Wildman–Crippen LogP) is 3.86. The summed E-state index contributed by atoms with van der Waals surface area (Å²) in [4.78, 5) is 28.7. The molecule has 0 bridgehead atoms. The summed E-state index contributed by atoms with van der Waals surface area (Å²) < 4.78 is 27.8. The molecule has 0 fully saturated rings. The lowest BCUT2D eigenvalue weighted by molar-refractivity contribution is 0.0692. The molecule has 1 N–H and O–H groups in total. The van der Waals surface area contributed by atoms with Crippen LogP contribution in [0.1, 0.15) is 26.4 Å². The third-order valence-electron chi connectivity index (χ3n) is 4.56. The van der Waals surface area contributed by atoms with Crippen molar-refractivity contribution >= 4 is 44.3 Å². The van der Waals surface area contributed by atoms with Crippen molar-refractivity contribution in [1.82, 2.24) is 8.96 Å². The molecule has 0 atom stereocenters. The van der Waals surface area contributed by atoms with E-state index in [4.69, 9.17) is 11.6 Å². The lowest BCUT2D eigenvalue weighted by Gasteiger charge is -2.12. The monoisotopic (exact) mass is 440 g/mol. The molecule has 0 unspecified atom stereocenters. The molecule has 2 aromatic heterocycles. The average Bonchev–Trinajstić information content (AvgIpc) is 3.07. The van der Waals surface area contributed by atoms with E-state index in [9.17, 15) is 23.1 Å². The molecule has 2 heterocycles. The molecule has 4 rings (SSSR count). The zero-order chi connectivity index (χ0) is 21.5. The first-order chi connectivity index (χ1) is 14.3. The number of carboxylic acid groups (broad SMARTS) is 1. The highest BCUT2D eigenvalue weighted by atomic mass is 35.5. The number of ketones is 1. The summed E-state index contributed by atoms with van der Waals surface area (Å²) in [6.45, 7) is 0. The molecule has 150 valence electrons. The van der Waals surface area contributed by atoms with Crippen LogP contribution in [-0.2, 0) is 10.0 Å². The number of carbonyl (C=O) groups is 2. The van der Waals surface area contributed by atoms with Crippen molar-refractivity contribution in [3.05, 3.63) is 94.9 Å². The van der Waals surface area contributed by atoms with Gasteiger partial charge in [0.05, 0.1) is 21.0 Å². The van der Waals surface area contributed by atoms with Crippen molar-refractivity contribution in [3.8, 4) is 0 Å². The summed E-state index contributed by atoms with van der Waals surface area (Å²) in [6, 6.07) is 15.2. The second-order valence-corrected chi connectivity index (χ2v) is 8.48. The largest absolute Gasteiger partial charge is 0.478 e. The Morgan fingerprint density at radius 3 is 2.30 bits per heavy atom. The first-order valence-corrected chi connectivity index (χ1v) is 10.5. The molecule has 0 aliphatic heterocycles. The van der Waals surface area contributed by atoms with Gasteiger partial charge in [0.15, 0.2) is 0 Å². The second-order valence-electron chi connectivity index (χ2n) is 6.32. The maximum Gasteiger partial charge on any atom is 0.338 e. The molecule has 0 aliphatic carbocycles. The van der Waals surface area contributed by atoms with E-state index in [-0.39, 0.29) is 32.3 Å². The van der Waals surface area contributed by atoms with Gasteiger partial charge in [-0.1, -0.05) is 48.0 Å². The molecule has 0 saturated carbocycles. The Labute approximate surface area is 176 Å². The number of carboxylic acids is 1. The minimum Gasteiger partial charge on any atom is -0.478 e. The molecular formula is C21H13ClN2O5S. The topological polar surface area (TPSA) is 106 Å². The van der Waals surface area contributed by atoms with E-state index >= 15 is 0 Å². The number of halogens is 1. The maximum absolute atomic E-state index is 13.5. The van der Waals surface area contributed by atoms with Crippen molar-refractivity contribution in [2.45, 2.75) is 4.90 Å². The molecule has 4 aromatic rings. The first-order valence-electron chi connectivity index (χ1n) is 8.65. The summed E-state index contributed by atoms with van der Waals surface area (Å²) in [5.41, 5.74) is -0.699. The summed E-state index contributed by atoms with van der Waals surface area (Å²) in [6.07, 6.45) is 2.29. The van der Waals surface area contributed by atoms with Crippen LogP contribution < -0.4 is 0 Å². The molecule has 0 saturated heterocycles. The van der Waals surface area contributed by atoms with Gasteiger partial charge in [0.2, 0.25) is 5.78 Å². The lowest BCUT2D eigenvalue weighted by atomic mass is 10.0. The van der Waals surface area contributed by atoms with Gasteiger partial charge in [-0.2, -0.15) is 0 Å². The number of fused-ring (bicyclic) bond motifs is 1. The van der Waals surface area contributed by atoms with Gasteiger partial charge in [0.1, 0.15) is 5.69 Å². The number of carbonyl (C=O) groups excluding carboxylic acids is 1. The SMILES string of the molecule is O=C(O)c1cnccc1C(=O)c1c(Cl)c2ccccc2n1S(=O)(=O)c1ccccc1. The first kappa shape index (κ1) is 19.8. The normalized spacial score (nSPS) is 11.5. The Morgan fingerprint density at radius 2 is 1.60 bits per heavy atom. The third kappa shape index (κ3) is 3.06. The van der Waals surface area contributed by atoms with Crippen molar-refractivity contribution in [2.75, 3.05) is 0 Å². The van der Waals surface area contributed by atoms with E-state index in [1.165, 1.54) is 30.5 Å². The molecule has 2 aromatic carbocycles. The quantitative estimate of drug-likeness (QED) is 0.472. The fraction of sp³-hybridized carbons (Fsp3) is 0. The van der Waals surface area contributed by atoms with Gasteiger partial charge in [-0.25, -0.2) is 17.2 Å². The Morgan fingerprint density at radius 1 is 0.933 bits per heavy atom. The van der Waals surface area contributed by atoms with Crippen LogP contribution in [0.5, 0.6) is 0 Å². The number of aromatic carboxylic acids is 1. The number of benzene rings is 2. The highest BCUT2D eigenvalue weighted by Gasteiger charge is 2.32. The van der Waals surface area contributed by atoms with E-state index in [1.807, 2.05) is 0 Å². The van der Waals surface area contributed by atoms with Crippen molar-refractivity contribution in [1.29, 1.82) is 0 Å². The average molecular weight is 441 g/mol. The van der Waals surface area contributed by atoms with Crippen LogP contribution in [0.4, 0.5) is 0 Å². The minimum atomic E-state index is -4.21. The fourth-order valence-electron chi connectivity index (χ4n) is 3.20. The summed E-state index contributed by atoms with van der Waals surface area (Å²) in [7, 11) is -4.21. The smallest absolute Gasteiger partial charge is 0.338 e. The van der Waals surface area contributed by atoms with Gasteiger partial charge in [-0.05, 0) is 24.3 Å². The lowest BCUT2D eigenvalue weighted by Crippen LogP contribution is -2.20. The molecular weight excluding hydrogens is 428 g/mol. The van der Waals surface area contributed by atoms with Crippen LogP contribution in [0.3, 0.4) is 0 Å². The zero-order valence-electron chi connectivity index (χ0n) is 15.2. The highest BCUT2D eigenvalue weighted by Crippen LogP contribution is 2.35. The van der Waals surface area contributed by atoms with Crippen LogP contribution in [-0.4, -0.2) is 34.2 Å². The molecule has 0 amide bonds. The van der Waals surface area contributed by atoms with Crippen LogP contribution in [0.25, 0.3) is 10.9 Å². The van der Waals surface area contributed by atoms with Gasteiger partial charge < -0.3 is 5.11 Å². The van der Waals surface area contributed by atoms with E-state index < -0.39 is 21.8 Å². The van der Waals surface area contributed by atoms with E-state index in [0.717, 1.165) is 10.2 Å². The van der Waals surface area contributed by atoms with Crippen LogP contribution in [0.2, 0.25) is 5.02 Å². The van der Waals surface area contributed by atoms with Gasteiger partial charge >= 0.3 is 5.97 Å². The van der Waals surface area contributed by atoms with E-state index in [0.29, 0.717) is 5.39 Å². The number of hydrogen-bond acceptors (Lipinski definition) is 5. The molecule has 30 heavy (non-hydrogen) atoms. The summed E-state index contributed by atoms with van der Waals surface area (Å²) in [5.74, 6) is -2.20. The predicted molar refractivity (Wildman–Crippen MR) is 111 cm³/mol. The van der Waals surface area contributed by atoms with Gasteiger partial charge in [0.25, 0.3) is 10.0 Å². The third-order valence-corrected chi connectivity index (χ3v) is 6.67. The zero-order valence-corrected chi connectivity index (χ0v) is 16.8. The number of aromatic nitrogens is 2. The molecule has 0 spiro atoms. The number of pyridine rings is 1. The molecule has 0 aliphatic rings. The van der Waals surface area contributed by atoms with Crippen molar-refractivity contribution in [3.63, 3.8) is 0 Å².